The summed E-state index contributed by atoms with van der Waals surface area (Å²) < 4.78 is 11.6. The zero-order valence-corrected chi connectivity index (χ0v) is 18.4. The van der Waals surface area contributed by atoms with Crippen molar-refractivity contribution in [2.45, 2.75) is 44.9 Å². The van der Waals surface area contributed by atoms with Crippen molar-refractivity contribution in [3.8, 4) is 11.5 Å². The standard InChI is InChI=1S/C26H32N2O3/c1-30-24-18-21-17-22(16-20-8-10-27-11-9-20)26(29)23(21)19-25(24)31-15-7-3-6-14-28-12-4-2-5-13-28/h8-11,16,18-19H,2-7,12-15,17H2,1H3/b22-16-. The van der Waals surface area contributed by atoms with E-state index in [1.807, 2.05) is 30.3 Å². The Hall–Kier alpha value is -2.66. The van der Waals surface area contributed by atoms with Gasteiger partial charge in [0.1, 0.15) is 0 Å². The van der Waals surface area contributed by atoms with E-state index < -0.39 is 0 Å². The van der Waals surface area contributed by atoms with Crippen molar-refractivity contribution in [3.63, 3.8) is 0 Å². The van der Waals surface area contributed by atoms with Crippen molar-refractivity contribution in [1.29, 1.82) is 0 Å². The van der Waals surface area contributed by atoms with Crippen molar-refractivity contribution in [2.75, 3.05) is 33.4 Å². The summed E-state index contributed by atoms with van der Waals surface area (Å²) in [6, 6.07) is 7.62. The van der Waals surface area contributed by atoms with Gasteiger partial charge in [0.05, 0.1) is 13.7 Å². The molecule has 0 bridgehead atoms. The lowest BCUT2D eigenvalue weighted by molar-refractivity contribution is 0.104. The molecule has 5 heteroatoms. The van der Waals surface area contributed by atoms with Crippen LogP contribution in [0.4, 0.5) is 0 Å². The number of ether oxygens (including phenoxy) is 2. The summed E-state index contributed by atoms with van der Waals surface area (Å²) in [5, 5.41) is 0. The maximum Gasteiger partial charge on any atom is 0.189 e. The number of ketones is 1. The molecule has 1 aliphatic heterocycles. The van der Waals surface area contributed by atoms with Crippen molar-refractivity contribution < 1.29 is 14.3 Å². The van der Waals surface area contributed by atoms with Crippen molar-refractivity contribution >= 4 is 11.9 Å². The van der Waals surface area contributed by atoms with E-state index in [9.17, 15) is 4.79 Å². The van der Waals surface area contributed by atoms with Gasteiger partial charge in [-0.1, -0.05) is 6.42 Å². The van der Waals surface area contributed by atoms with Crippen LogP contribution in [-0.4, -0.2) is 49.0 Å². The highest BCUT2D eigenvalue weighted by molar-refractivity contribution is 6.15. The minimum absolute atomic E-state index is 0.0702. The highest BCUT2D eigenvalue weighted by atomic mass is 16.5. The van der Waals surface area contributed by atoms with Crippen LogP contribution in [0, 0.1) is 0 Å². The number of carbonyl (C=O) groups excluding carboxylic acids is 1. The topological polar surface area (TPSA) is 51.7 Å². The Balaban J connectivity index is 1.32. The molecule has 1 fully saturated rings. The number of fused-ring (bicyclic) bond motifs is 1. The van der Waals surface area contributed by atoms with E-state index in [4.69, 9.17) is 9.47 Å². The smallest absolute Gasteiger partial charge is 0.189 e. The number of aromatic nitrogens is 1. The van der Waals surface area contributed by atoms with Gasteiger partial charge in [0.25, 0.3) is 0 Å². The number of pyridine rings is 1. The summed E-state index contributed by atoms with van der Waals surface area (Å²) >= 11 is 0. The van der Waals surface area contributed by atoms with Crippen LogP contribution < -0.4 is 9.47 Å². The molecule has 31 heavy (non-hydrogen) atoms. The summed E-state index contributed by atoms with van der Waals surface area (Å²) in [6.45, 7) is 4.36. The number of likely N-dealkylation sites (tertiary alicyclic amines) is 1. The minimum Gasteiger partial charge on any atom is -0.493 e. The first kappa shape index (κ1) is 21.6. The zero-order valence-electron chi connectivity index (χ0n) is 18.4. The lowest BCUT2D eigenvalue weighted by atomic mass is 10.1. The van der Waals surface area contributed by atoms with E-state index in [1.54, 1.807) is 19.5 Å². The fourth-order valence-corrected chi connectivity index (χ4v) is 4.45. The van der Waals surface area contributed by atoms with Crippen LogP contribution in [0.25, 0.3) is 6.08 Å². The van der Waals surface area contributed by atoms with E-state index in [-0.39, 0.29) is 5.78 Å². The first-order chi connectivity index (χ1) is 15.2. The number of benzene rings is 1. The van der Waals surface area contributed by atoms with Crippen LogP contribution in [0.5, 0.6) is 11.5 Å². The number of unbranched alkanes of at least 4 members (excludes halogenated alkanes) is 2. The van der Waals surface area contributed by atoms with Gasteiger partial charge in [-0.15, -0.1) is 0 Å². The molecule has 1 saturated heterocycles. The Bertz CT molecular complexity index is 918. The monoisotopic (exact) mass is 420 g/mol. The summed E-state index contributed by atoms with van der Waals surface area (Å²) in [4.78, 5) is 19.5. The lowest BCUT2D eigenvalue weighted by Gasteiger charge is -2.26. The number of rotatable bonds is 9. The normalized spacial score (nSPS) is 17.7. The molecule has 1 aromatic carbocycles. The predicted octanol–water partition coefficient (Wildman–Crippen LogP) is 4.95. The van der Waals surface area contributed by atoms with Gasteiger partial charge in [-0.25, -0.2) is 0 Å². The van der Waals surface area contributed by atoms with Crippen LogP contribution in [0.2, 0.25) is 0 Å². The Kier molecular flexibility index (Phi) is 7.36. The molecule has 164 valence electrons. The molecule has 0 atom stereocenters. The summed E-state index contributed by atoms with van der Waals surface area (Å²) in [7, 11) is 1.65. The summed E-state index contributed by atoms with van der Waals surface area (Å²) in [5.74, 6) is 1.43. The molecule has 1 aromatic heterocycles. The number of hydrogen-bond acceptors (Lipinski definition) is 5. The fourth-order valence-electron chi connectivity index (χ4n) is 4.45. The molecule has 2 aromatic rings. The number of carbonyl (C=O) groups is 1. The van der Waals surface area contributed by atoms with E-state index >= 15 is 0 Å². The van der Waals surface area contributed by atoms with E-state index in [0.717, 1.165) is 35.1 Å². The highest BCUT2D eigenvalue weighted by Crippen LogP contribution is 2.37. The minimum atomic E-state index is 0.0702. The average Bonchev–Trinajstić information content (AvgIpc) is 3.11. The number of nitrogens with zero attached hydrogens (tertiary/aromatic N) is 2. The second kappa shape index (κ2) is 10.6. The third-order valence-electron chi connectivity index (χ3n) is 6.18. The molecule has 2 aliphatic rings. The first-order valence-electron chi connectivity index (χ1n) is 11.5. The second-order valence-corrected chi connectivity index (χ2v) is 8.43. The zero-order chi connectivity index (χ0) is 21.5. The number of hydrogen-bond donors (Lipinski definition) is 0. The second-order valence-electron chi connectivity index (χ2n) is 8.43. The summed E-state index contributed by atoms with van der Waals surface area (Å²) in [6.07, 6.45) is 13.5. The predicted molar refractivity (Wildman–Crippen MR) is 123 cm³/mol. The van der Waals surface area contributed by atoms with Gasteiger partial charge < -0.3 is 14.4 Å². The van der Waals surface area contributed by atoms with Crippen LogP contribution >= 0.6 is 0 Å². The molecule has 5 nitrogen and oxygen atoms in total. The van der Waals surface area contributed by atoms with Crippen LogP contribution in [0.15, 0.2) is 42.2 Å². The van der Waals surface area contributed by atoms with E-state index in [2.05, 4.69) is 9.88 Å². The van der Waals surface area contributed by atoms with Gasteiger partial charge >= 0.3 is 0 Å². The SMILES string of the molecule is COc1cc2c(cc1OCCCCCN1CCCCC1)C(=O)/C(=C\c1ccncc1)C2. The molecule has 0 saturated carbocycles. The van der Waals surface area contributed by atoms with Crippen molar-refractivity contribution in [1.82, 2.24) is 9.88 Å². The van der Waals surface area contributed by atoms with Gasteiger partial charge in [-0.3, -0.25) is 9.78 Å². The molecular formula is C26H32N2O3. The Labute approximate surface area is 185 Å². The third kappa shape index (κ3) is 5.53. The highest BCUT2D eigenvalue weighted by Gasteiger charge is 2.27. The fraction of sp³-hybridized carbons (Fsp3) is 0.462. The average molecular weight is 421 g/mol. The number of piperidine rings is 1. The molecule has 0 amide bonds. The number of allylic oxidation sites excluding steroid dienone is 1. The molecule has 1 aliphatic carbocycles. The van der Waals surface area contributed by atoms with E-state index in [0.29, 0.717) is 24.5 Å². The molecular weight excluding hydrogens is 388 g/mol. The third-order valence-corrected chi connectivity index (χ3v) is 6.18. The van der Waals surface area contributed by atoms with Gasteiger partial charge in [0.15, 0.2) is 17.3 Å². The Morgan fingerprint density at radius 1 is 1.03 bits per heavy atom. The maximum atomic E-state index is 12.9. The molecule has 0 N–H and O–H groups in total. The number of methoxy groups -OCH3 is 1. The van der Waals surface area contributed by atoms with Crippen LogP contribution in [-0.2, 0) is 6.42 Å². The molecule has 0 radical (unpaired) electrons. The van der Waals surface area contributed by atoms with Crippen molar-refractivity contribution in [3.05, 3.63) is 58.9 Å². The van der Waals surface area contributed by atoms with Gasteiger partial charge in [0, 0.05) is 30.0 Å². The lowest BCUT2D eigenvalue weighted by Crippen LogP contribution is -2.30. The maximum absolute atomic E-state index is 12.9. The van der Waals surface area contributed by atoms with Crippen LogP contribution in [0.3, 0.4) is 0 Å². The number of Topliss-reactive ketones (excluding diaryl/α,β-unsaturated/α-hetero) is 1. The van der Waals surface area contributed by atoms with Crippen molar-refractivity contribution in [2.24, 2.45) is 0 Å². The van der Waals surface area contributed by atoms with E-state index in [1.165, 1.54) is 45.3 Å². The van der Waals surface area contributed by atoms with Gasteiger partial charge in [-0.05, 0) is 93.2 Å². The summed E-state index contributed by atoms with van der Waals surface area (Å²) in [5.41, 5.74) is 3.49. The Morgan fingerprint density at radius 2 is 1.84 bits per heavy atom. The quantitative estimate of drug-likeness (QED) is 0.424. The molecule has 2 heterocycles. The van der Waals surface area contributed by atoms with Gasteiger partial charge in [-0.2, -0.15) is 0 Å². The molecule has 4 rings (SSSR count). The van der Waals surface area contributed by atoms with Crippen LogP contribution in [0.1, 0.15) is 60.0 Å². The largest absolute Gasteiger partial charge is 0.493 e. The van der Waals surface area contributed by atoms with Gasteiger partial charge in [0.2, 0.25) is 0 Å². The molecule has 0 spiro atoms. The Morgan fingerprint density at radius 3 is 2.61 bits per heavy atom. The first-order valence-corrected chi connectivity index (χ1v) is 11.5. The molecule has 0 unspecified atom stereocenters.